The molecular formula is C28H29N4NiO2-. The third kappa shape index (κ3) is 9.59. The van der Waals surface area contributed by atoms with Gasteiger partial charge in [0.05, 0.1) is 12.2 Å². The van der Waals surface area contributed by atoms with E-state index in [1.807, 2.05) is 62.4 Å². The molecule has 35 heavy (non-hydrogen) atoms. The first-order chi connectivity index (χ1) is 16.5. The average Bonchev–Trinajstić information content (AvgIpc) is 2.82. The van der Waals surface area contributed by atoms with E-state index in [-0.39, 0.29) is 34.1 Å². The molecule has 2 heterocycles. The summed E-state index contributed by atoms with van der Waals surface area (Å²) in [7, 11) is 0. The Bertz CT molecular complexity index is 1150. The van der Waals surface area contributed by atoms with Gasteiger partial charge in [0.15, 0.2) is 11.6 Å². The van der Waals surface area contributed by atoms with Crippen molar-refractivity contribution >= 4 is 11.6 Å². The molecule has 1 aliphatic heterocycles. The van der Waals surface area contributed by atoms with Crippen molar-refractivity contribution in [2.75, 3.05) is 6.54 Å². The van der Waals surface area contributed by atoms with Gasteiger partial charge >= 0.3 is 0 Å². The topological polar surface area (TPSA) is 85.2 Å². The smallest absolute Gasteiger partial charge is 0.187 e. The Morgan fingerprint density at radius 3 is 2.11 bits per heavy atom. The summed E-state index contributed by atoms with van der Waals surface area (Å²) >= 11 is 0. The molecule has 0 saturated heterocycles. The van der Waals surface area contributed by atoms with Crippen LogP contribution in [0.1, 0.15) is 18.3 Å². The van der Waals surface area contributed by atoms with Gasteiger partial charge in [-0.2, -0.15) is 5.70 Å². The Labute approximate surface area is 217 Å². The largest absolute Gasteiger partial charge is 0.681 e. The molecule has 2 N–H and O–H groups in total. The Hall–Kier alpha value is -3.70. The Balaban J connectivity index is 0.000000240. The fraction of sp³-hybridized carbons (Fsp3) is 0.179. The molecule has 1 atom stereocenters. The number of rotatable bonds is 6. The molecule has 0 fully saturated rings. The van der Waals surface area contributed by atoms with Crippen LogP contribution in [0.15, 0.2) is 114 Å². The fourth-order valence-electron chi connectivity index (χ4n) is 3.24. The van der Waals surface area contributed by atoms with Crippen molar-refractivity contribution in [3.63, 3.8) is 0 Å². The second kappa shape index (κ2) is 14.5. The summed E-state index contributed by atoms with van der Waals surface area (Å²) in [6.45, 7) is 5.26. The van der Waals surface area contributed by atoms with E-state index in [1.165, 1.54) is 0 Å². The molecule has 0 amide bonds. The van der Waals surface area contributed by atoms with E-state index in [9.17, 15) is 9.59 Å². The molecule has 6 nitrogen and oxygen atoms in total. The zero-order chi connectivity index (χ0) is 24.2. The van der Waals surface area contributed by atoms with E-state index < -0.39 is 0 Å². The molecule has 1 aromatic heterocycles. The molecular weight excluding hydrogens is 483 g/mol. The number of allylic oxidation sites excluding steroid dienone is 13. The van der Waals surface area contributed by atoms with Crippen molar-refractivity contribution in [1.29, 1.82) is 0 Å². The average molecular weight is 512 g/mol. The normalized spacial score (nSPS) is 20.1. The summed E-state index contributed by atoms with van der Waals surface area (Å²) in [4.78, 5) is 27.2. The van der Waals surface area contributed by atoms with E-state index in [2.05, 4.69) is 20.9 Å². The second-order valence-electron chi connectivity index (χ2n) is 7.81. The number of aromatic nitrogens is 1. The minimum Gasteiger partial charge on any atom is -0.681 e. The van der Waals surface area contributed by atoms with Crippen LogP contribution in [0.4, 0.5) is 0 Å². The first-order valence-electron chi connectivity index (χ1n) is 11.1. The number of nitrogens with zero attached hydrogens (tertiary/aromatic N) is 2. The van der Waals surface area contributed by atoms with E-state index in [4.69, 9.17) is 0 Å². The van der Waals surface area contributed by atoms with Crippen LogP contribution in [0.5, 0.6) is 0 Å². The molecule has 0 saturated carbocycles. The predicted octanol–water partition coefficient (Wildman–Crippen LogP) is 4.43. The molecule has 0 bridgehead atoms. The molecule has 7 heteroatoms. The number of ketones is 2. The van der Waals surface area contributed by atoms with Crippen LogP contribution in [-0.4, -0.2) is 29.1 Å². The Morgan fingerprint density at radius 2 is 1.51 bits per heavy atom. The SMILES string of the molecule is CC1=CC=CC(CN/C=C2/C=CC=CC2=O)[N-]1.Cc1cccc(CN/C=C2/C=CC=CC2=O)n1.[Ni]. The molecule has 0 radical (unpaired) electrons. The van der Waals surface area contributed by atoms with Crippen LogP contribution in [0.2, 0.25) is 0 Å². The monoisotopic (exact) mass is 511 g/mol. The van der Waals surface area contributed by atoms with Gasteiger partial charge in [-0.05, 0) is 43.4 Å². The summed E-state index contributed by atoms with van der Waals surface area (Å²) < 4.78 is 0. The predicted molar refractivity (Wildman–Crippen MR) is 137 cm³/mol. The van der Waals surface area contributed by atoms with Crippen molar-refractivity contribution in [1.82, 2.24) is 15.6 Å². The quantitative estimate of drug-likeness (QED) is 0.436. The summed E-state index contributed by atoms with van der Waals surface area (Å²) in [6.07, 6.45) is 23.4. The molecule has 184 valence electrons. The van der Waals surface area contributed by atoms with Crippen molar-refractivity contribution in [2.45, 2.75) is 26.4 Å². The van der Waals surface area contributed by atoms with Crippen molar-refractivity contribution in [3.8, 4) is 0 Å². The molecule has 1 aromatic rings. The Morgan fingerprint density at radius 1 is 0.886 bits per heavy atom. The molecule has 2 aliphatic carbocycles. The van der Waals surface area contributed by atoms with E-state index in [0.717, 1.165) is 17.1 Å². The van der Waals surface area contributed by atoms with Gasteiger partial charge < -0.3 is 16.0 Å². The van der Waals surface area contributed by atoms with Crippen LogP contribution < -0.4 is 10.6 Å². The van der Waals surface area contributed by atoms with Crippen molar-refractivity contribution < 1.29 is 26.1 Å². The van der Waals surface area contributed by atoms with Gasteiger partial charge in [0, 0.05) is 52.3 Å². The molecule has 1 unspecified atom stereocenters. The van der Waals surface area contributed by atoms with Crippen LogP contribution in [0, 0.1) is 6.92 Å². The third-order valence-electron chi connectivity index (χ3n) is 4.95. The maximum Gasteiger partial charge on any atom is 0.187 e. The van der Waals surface area contributed by atoms with Crippen LogP contribution in [0.25, 0.3) is 5.32 Å². The second-order valence-corrected chi connectivity index (χ2v) is 7.81. The van der Waals surface area contributed by atoms with Gasteiger partial charge in [-0.3, -0.25) is 14.6 Å². The summed E-state index contributed by atoms with van der Waals surface area (Å²) in [5.74, 6) is 0.0596. The van der Waals surface area contributed by atoms with Crippen LogP contribution >= 0.6 is 0 Å². The van der Waals surface area contributed by atoms with Crippen LogP contribution in [-0.2, 0) is 32.6 Å². The summed E-state index contributed by atoms with van der Waals surface area (Å²) in [5.41, 5.74) is 4.33. The molecule has 4 rings (SSSR count). The third-order valence-corrected chi connectivity index (χ3v) is 4.95. The number of carbonyl (C=O) groups is 2. The van der Waals surface area contributed by atoms with Gasteiger partial charge in [0.1, 0.15) is 0 Å². The minimum absolute atomic E-state index is 0. The minimum atomic E-state index is 0. The van der Waals surface area contributed by atoms with Crippen LogP contribution in [0.3, 0.4) is 0 Å². The van der Waals surface area contributed by atoms with E-state index >= 15 is 0 Å². The van der Waals surface area contributed by atoms with E-state index in [1.54, 1.807) is 48.9 Å². The zero-order valence-corrected chi connectivity index (χ0v) is 20.7. The van der Waals surface area contributed by atoms with Gasteiger partial charge in [0.2, 0.25) is 0 Å². The van der Waals surface area contributed by atoms with Gasteiger partial charge in [-0.25, -0.2) is 0 Å². The number of carbonyl (C=O) groups excluding carboxylic acids is 2. The standard InChI is InChI=1S/C14H15N2O.C14H14N2O.Ni/c2*1-11-5-4-7-13(16-11)10-15-9-12-6-2-3-8-14(12)17;/h2-9,13H,10H2,1H3,(H,15,17);2-9,15H,10H2,1H3;/q-1;;/b;12-9-;. The molecule has 0 spiro atoms. The maximum atomic E-state index is 11.4. The molecule has 0 aromatic carbocycles. The number of aryl methyl sites for hydroxylation is 1. The summed E-state index contributed by atoms with van der Waals surface area (Å²) in [5, 5.41) is 10.7. The zero-order valence-electron chi connectivity index (χ0n) is 19.8. The number of pyridine rings is 1. The fourth-order valence-corrected chi connectivity index (χ4v) is 3.24. The van der Waals surface area contributed by atoms with Crippen molar-refractivity contribution in [3.05, 3.63) is 131 Å². The first-order valence-corrected chi connectivity index (χ1v) is 11.1. The maximum absolute atomic E-state index is 11.4. The van der Waals surface area contributed by atoms with Crippen molar-refractivity contribution in [2.24, 2.45) is 0 Å². The van der Waals surface area contributed by atoms with Gasteiger partial charge in [0.25, 0.3) is 0 Å². The van der Waals surface area contributed by atoms with Gasteiger partial charge in [-0.15, -0.1) is 0 Å². The van der Waals surface area contributed by atoms with Gasteiger partial charge in [-0.1, -0.05) is 61.6 Å². The number of hydrogen-bond acceptors (Lipinski definition) is 5. The number of hydrogen-bond donors (Lipinski definition) is 2. The number of nitrogens with one attached hydrogen (secondary N) is 2. The first kappa shape index (κ1) is 27.5. The van der Waals surface area contributed by atoms with E-state index in [0.29, 0.717) is 24.2 Å². The summed E-state index contributed by atoms with van der Waals surface area (Å²) in [6, 6.07) is 6.04. The Kier molecular flexibility index (Phi) is 11.4. The molecule has 3 aliphatic rings.